The molecule has 0 amide bonds. The van der Waals surface area contributed by atoms with E-state index < -0.39 is 11.6 Å². The molecule has 1 unspecified atom stereocenters. The van der Waals surface area contributed by atoms with Crippen LogP contribution in [-0.4, -0.2) is 27.5 Å². The van der Waals surface area contributed by atoms with Crippen molar-refractivity contribution in [1.29, 1.82) is 0 Å². The van der Waals surface area contributed by atoms with Crippen LogP contribution in [0.5, 0.6) is 0 Å². The highest BCUT2D eigenvalue weighted by Crippen LogP contribution is 2.34. The first kappa shape index (κ1) is 18.4. The van der Waals surface area contributed by atoms with Gasteiger partial charge in [0.1, 0.15) is 23.3 Å². The Kier molecular flexibility index (Phi) is 4.46. The Morgan fingerprint density at radius 1 is 1.07 bits per heavy atom. The predicted octanol–water partition coefficient (Wildman–Crippen LogP) is 5.25. The van der Waals surface area contributed by atoms with Gasteiger partial charge < -0.3 is 4.57 Å². The molecule has 0 spiro atoms. The van der Waals surface area contributed by atoms with Gasteiger partial charge in [-0.25, -0.2) is 18.2 Å². The number of hydrogen-bond acceptors (Lipinski definition) is 2. The van der Waals surface area contributed by atoms with E-state index in [2.05, 4.69) is 16.4 Å². The number of halogens is 3. The Hall–Kier alpha value is -2.60. The first-order valence-electron chi connectivity index (χ1n) is 10.1. The third kappa shape index (κ3) is 3.25. The number of hydrogen-bond donors (Lipinski definition) is 0. The van der Waals surface area contributed by atoms with E-state index in [0.29, 0.717) is 31.1 Å². The van der Waals surface area contributed by atoms with Crippen molar-refractivity contribution in [3.05, 3.63) is 70.8 Å². The van der Waals surface area contributed by atoms with Crippen LogP contribution < -0.4 is 0 Å². The Morgan fingerprint density at radius 2 is 1.93 bits per heavy atom. The van der Waals surface area contributed by atoms with Crippen LogP contribution in [0.2, 0.25) is 0 Å². The summed E-state index contributed by atoms with van der Waals surface area (Å²) < 4.78 is 43.8. The van der Waals surface area contributed by atoms with Crippen LogP contribution in [0.1, 0.15) is 42.8 Å². The van der Waals surface area contributed by atoms with E-state index in [9.17, 15) is 13.2 Å². The minimum Gasteiger partial charge on any atom is -0.324 e. The fourth-order valence-corrected chi connectivity index (χ4v) is 4.64. The molecule has 3 aromatic rings. The van der Waals surface area contributed by atoms with Crippen LogP contribution in [0.15, 0.2) is 36.4 Å². The summed E-state index contributed by atoms with van der Waals surface area (Å²) in [6.07, 6.45) is 4.46. The summed E-state index contributed by atoms with van der Waals surface area (Å²) >= 11 is 0. The lowest BCUT2D eigenvalue weighted by Crippen LogP contribution is -2.30. The van der Waals surface area contributed by atoms with Crippen molar-refractivity contribution in [2.75, 3.05) is 13.1 Å². The molecule has 2 aliphatic heterocycles. The van der Waals surface area contributed by atoms with Crippen LogP contribution in [0.25, 0.3) is 16.6 Å². The number of aromatic nitrogens is 2. The summed E-state index contributed by atoms with van der Waals surface area (Å²) in [7, 11) is 0. The Morgan fingerprint density at radius 3 is 2.72 bits per heavy atom. The molecule has 1 atom stereocenters. The van der Waals surface area contributed by atoms with Gasteiger partial charge in [-0.3, -0.25) is 4.90 Å². The van der Waals surface area contributed by atoms with Crippen molar-refractivity contribution in [2.24, 2.45) is 0 Å². The zero-order valence-electron chi connectivity index (χ0n) is 16.3. The van der Waals surface area contributed by atoms with Gasteiger partial charge in [0, 0.05) is 30.8 Å². The minimum absolute atomic E-state index is 0.235. The highest BCUT2D eigenvalue weighted by atomic mass is 19.1. The van der Waals surface area contributed by atoms with Crippen molar-refractivity contribution >= 4 is 16.6 Å². The summed E-state index contributed by atoms with van der Waals surface area (Å²) in [4.78, 5) is 6.98. The van der Waals surface area contributed by atoms with Crippen LogP contribution in [0.4, 0.5) is 13.2 Å². The molecular formula is C23H22F3N3. The van der Waals surface area contributed by atoms with Gasteiger partial charge in [-0.15, -0.1) is 0 Å². The number of imidazole rings is 1. The summed E-state index contributed by atoms with van der Waals surface area (Å²) in [6, 6.07) is 7.04. The van der Waals surface area contributed by atoms with E-state index >= 15 is 0 Å². The van der Waals surface area contributed by atoms with Gasteiger partial charge in [0.2, 0.25) is 0 Å². The Balaban J connectivity index is 1.42. The van der Waals surface area contributed by atoms with E-state index in [1.807, 2.05) is 6.08 Å². The maximum Gasteiger partial charge on any atom is 0.130 e. The molecule has 0 saturated carbocycles. The third-order valence-corrected chi connectivity index (χ3v) is 6.11. The molecule has 2 aliphatic rings. The summed E-state index contributed by atoms with van der Waals surface area (Å²) in [6.45, 7) is 4.21. The van der Waals surface area contributed by atoms with E-state index in [4.69, 9.17) is 4.98 Å². The molecule has 29 heavy (non-hydrogen) atoms. The summed E-state index contributed by atoms with van der Waals surface area (Å²) in [5.74, 6) is -0.114. The molecule has 0 bridgehead atoms. The number of rotatable bonds is 3. The quantitative estimate of drug-likeness (QED) is 0.602. The fraction of sp³-hybridized carbons (Fsp3) is 0.348. The average Bonchev–Trinajstić information content (AvgIpc) is 3.06. The van der Waals surface area contributed by atoms with Crippen molar-refractivity contribution < 1.29 is 13.2 Å². The molecule has 150 valence electrons. The lowest BCUT2D eigenvalue weighted by atomic mass is 9.98. The lowest BCUT2D eigenvalue weighted by Gasteiger charge is -2.28. The van der Waals surface area contributed by atoms with Crippen LogP contribution in [0, 0.1) is 17.5 Å². The van der Waals surface area contributed by atoms with Gasteiger partial charge >= 0.3 is 0 Å². The fourth-order valence-electron chi connectivity index (χ4n) is 4.64. The van der Waals surface area contributed by atoms with E-state index in [0.717, 1.165) is 53.4 Å². The molecule has 3 nitrogen and oxygen atoms in total. The van der Waals surface area contributed by atoms with E-state index in [1.165, 1.54) is 18.2 Å². The second-order valence-electron chi connectivity index (χ2n) is 8.06. The minimum atomic E-state index is -0.426. The van der Waals surface area contributed by atoms with Gasteiger partial charge in [0.05, 0.1) is 17.6 Å². The normalized spacial score (nSPS) is 19.6. The van der Waals surface area contributed by atoms with E-state index in [1.54, 1.807) is 6.07 Å². The summed E-state index contributed by atoms with van der Waals surface area (Å²) in [5, 5.41) is 0. The topological polar surface area (TPSA) is 21.1 Å². The number of aryl methyl sites for hydroxylation is 1. The first-order valence-corrected chi connectivity index (χ1v) is 10.1. The zero-order valence-corrected chi connectivity index (χ0v) is 16.3. The highest BCUT2D eigenvalue weighted by Gasteiger charge is 2.25. The maximum atomic E-state index is 14.1. The van der Waals surface area contributed by atoms with Crippen molar-refractivity contribution in [3.8, 4) is 0 Å². The van der Waals surface area contributed by atoms with Gasteiger partial charge in [0.15, 0.2) is 0 Å². The molecule has 6 heteroatoms. The van der Waals surface area contributed by atoms with Gasteiger partial charge in [-0.2, -0.15) is 0 Å². The van der Waals surface area contributed by atoms with Crippen molar-refractivity contribution in [2.45, 2.75) is 38.8 Å². The van der Waals surface area contributed by atoms with Crippen LogP contribution >= 0.6 is 0 Å². The monoisotopic (exact) mass is 397 g/mol. The molecule has 1 aromatic heterocycles. The molecule has 0 radical (unpaired) electrons. The largest absolute Gasteiger partial charge is 0.324 e. The molecule has 0 fully saturated rings. The standard InChI is InChI=1S/C23H22F3N3/c1-14-2-3-16-10-18(25)12-21-23(16)29(14)22(27-21)13-28-8-6-15(7-9-28)19-11-17(24)4-5-20(19)26/h4-6,10-12,14H,2-3,7-9,13H2,1H3. The number of nitrogens with zero attached hydrogens (tertiary/aromatic N) is 3. The SMILES string of the molecule is CC1CCc2cc(F)cc3nc(CN4CC=C(c5cc(F)ccc5F)CC4)n1c23. The molecule has 3 heterocycles. The van der Waals surface area contributed by atoms with Gasteiger partial charge in [0.25, 0.3) is 0 Å². The number of benzene rings is 2. The summed E-state index contributed by atoms with van der Waals surface area (Å²) in [5.41, 5.74) is 3.98. The molecule has 0 saturated heterocycles. The smallest absolute Gasteiger partial charge is 0.130 e. The van der Waals surface area contributed by atoms with E-state index in [-0.39, 0.29) is 5.82 Å². The Labute approximate surface area is 167 Å². The molecular weight excluding hydrogens is 375 g/mol. The van der Waals surface area contributed by atoms with Gasteiger partial charge in [-0.1, -0.05) is 6.08 Å². The zero-order chi connectivity index (χ0) is 20.1. The molecule has 2 aromatic carbocycles. The Bertz CT molecular complexity index is 1130. The predicted molar refractivity (Wildman–Crippen MR) is 107 cm³/mol. The lowest BCUT2D eigenvalue weighted by molar-refractivity contribution is 0.278. The van der Waals surface area contributed by atoms with Crippen LogP contribution in [-0.2, 0) is 13.0 Å². The molecule has 0 aliphatic carbocycles. The average molecular weight is 397 g/mol. The molecule has 0 N–H and O–H groups in total. The second kappa shape index (κ2) is 7.02. The first-order chi connectivity index (χ1) is 14.0. The van der Waals surface area contributed by atoms with Crippen LogP contribution in [0.3, 0.4) is 0 Å². The third-order valence-electron chi connectivity index (χ3n) is 6.11. The van der Waals surface area contributed by atoms with Gasteiger partial charge in [-0.05, 0) is 61.6 Å². The highest BCUT2D eigenvalue weighted by molar-refractivity contribution is 5.81. The van der Waals surface area contributed by atoms with Crippen molar-refractivity contribution in [1.82, 2.24) is 14.5 Å². The maximum absolute atomic E-state index is 14.1. The second-order valence-corrected chi connectivity index (χ2v) is 8.06. The van der Waals surface area contributed by atoms with Crippen molar-refractivity contribution in [3.63, 3.8) is 0 Å². The molecule has 5 rings (SSSR count).